The summed E-state index contributed by atoms with van der Waals surface area (Å²) in [5.41, 5.74) is 8.97. The molecule has 0 radical (unpaired) electrons. The molecule has 2 rings (SSSR count). The topological polar surface area (TPSA) is 26.0 Å². The van der Waals surface area contributed by atoms with Crippen molar-refractivity contribution in [2.45, 2.75) is 37.6 Å². The molecule has 0 aliphatic heterocycles. The summed E-state index contributed by atoms with van der Waals surface area (Å²) in [4.78, 5) is 1.38. The molecule has 2 N–H and O–H groups in total. The van der Waals surface area contributed by atoms with Gasteiger partial charge in [-0.2, -0.15) is 0 Å². The van der Waals surface area contributed by atoms with Crippen LogP contribution in [0.2, 0.25) is 0 Å². The number of rotatable bonds is 4. The fourth-order valence-electron chi connectivity index (χ4n) is 1.92. The molecule has 1 aliphatic carbocycles. The van der Waals surface area contributed by atoms with E-state index in [4.69, 9.17) is 5.73 Å². The lowest BCUT2D eigenvalue weighted by Gasteiger charge is -2.16. The van der Waals surface area contributed by atoms with E-state index in [0.717, 1.165) is 11.7 Å². The van der Waals surface area contributed by atoms with Gasteiger partial charge in [0.05, 0.1) is 0 Å². The fourth-order valence-corrected chi connectivity index (χ4v) is 2.76. The van der Waals surface area contributed by atoms with E-state index in [1.807, 2.05) is 11.8 Å². The van der Waals surface area contributed by atoms with Gasteiger partial charge in [0, 0.05) is 10.9 Å². The fraction of sp³-hybridized carbons (Fsp3) is 0.538. The Balaban J connectivity index is 2.28. The third-order valence-corrected chi connectivity index (χ3v) is 3.93. The largest absolute Gasteiger partial charge is 0.324 e. The molecule has 2 heteroatoms. The quantitative estimate of drug-likeness (QED) is 0.787. The van der Waals surface area contributed by atoms with E-state index in [-0.39, 0.29) is 6.04 Å². The lowest BCUT2D eigenvalue weighted by Crippen LogP contribution is -2.13. The molecule has 0 aromatic heterocycles. The second kappa shape index (κ2) is 4.58. The standard InChI is InChI=1S/C13H19NS/c1-3-15-12-7-4-9(2)8-11(12)13(14)10-5-6-10/h4,7-8,10,13H,3,5-6,14H2,1-2H3. The molecule has 1 aromatic rings. The van der Waals surface area contributed by atoms with Gasteiger partial charge in [0.1, 0.15) is 0 Å². The highest BCUT2D eigenvalue weighted by Gasteiger charge is 2.30. The number of aryl methyl sites for hydroxylation is 1. The molecule has 1 unspecified atom stereocenters. The first-order valence-corrected chi connectivity index (χ1v) is 6.70. The highest BCUT2D eigenvalue weighted by molar-refractivity contribution is 7.99. The van der Waals surface area contributed by atoms with Crippen LogP contribution < -0.4 is 5.73 Å². The highest BCUT2D eigenvalue weighted by atomic mass is 32.2. The minimum Gasteiger partial charge on any atom is -0.324 e. The average Bonchev–Trinajstić information content (AvgIpc) is 3.03. The third kappa shape index (κ3) is 2.56. The second-order valence-electron chi connectivity index (χ2n) is 4.34. The minimum absolute atomic E-state index is 0.263. The molecule has 0 saturated heterocycles. The zero-order valence-electron chi connectivity index (χ0n) is 9.49. The molecule has 0 heterocycles. The number of thioether (sulfide) groups is 1. The van der Waals surface area contributed by atoms with Crippen LogP contribution in [0, 0.1) is 12.8 Å². The van der Waals surface area contributed by atoms with Crippen molar-refractivity contribution in [2.24, 2.45) is 11.7 Å². The first kappa shape index (κ1) is 11.0. The molecule has 0 bridgehead atoms. The number of benzene rings is 1. The van der Waals surface area contributed by atoms with Crippen molar-refractivity contribution in [3.8, 4) is 0 Å². The van der Waals surface area contributed by atoms with Crippen molar-refractivity contribution < 1.29 is 0 Å². The zero-order valence-corrected chi connectivity index (χ0v) is 10.3. The van der Waals surface area contributed by atoms with Gasteiger partial charge in [0.2, 0.25) is 0 Å². The van der Waals surface area contributed by atoms with E-state index in [1.54, 1.807) is 0 Å². The summed E-state index contributed by atoms with van der Waals surface area (Å²) in [7, 11) is 0. The molecule has 0 spiro atoms. The molecule has 1 nitrogen and oxygen atoms in total. The molecule has 15 heavy (non-hydrogen) atoms. The minimum atomic E-state index is 0.263. The number of nitrogens with two attached hydrogens (primary N) is 1. The number of hydrogen-bond donors (Lipinski definition) is 1. The van der Waals surface area contributed by atoms with Crippen LogP contribution in [0.1, 0.15) is 36.9 Å². The zero-order chi connectivity index (χ0) is 10.8. The first-order valence-electron chi connectivity index (χ1n) is 5.71. The van der Waals surface area contributed by atoms with E-state index in [9.17, 15) is 0 Å². The maximum absolute atomic E-state index is 6.29. The van der Waals surface area contributed by atoms with Crippen LogP contribution in [-0.2, 0) is 0 Å². The molecule has 1 fully saturated rings. The SMILES string of the molecule is CCSc1ccc(C)cc1C(N)C1CC1. The normalized spacial score (nSPS) is 17.8. The van der Waals surface area contributed by atoms with Crippen molar-refractivity contribution in [3.63, 3.8) is 0 Å². The van der Waals surface area contributed by atoms with Gasteiger partial charge in [0.25, 0.3) is 0 Å². The molecule has 1 aliphatic rings. The van der Waals surface area contributed by atoms with Crippen molar-refractivity contribution in [2.75, 3.05) is 5.75 Å². The molecular formula is C13H19NS. The van der Waals surface area contributed by atoms with Gasteiger partial charge in [0.15, 0.2) is 0 Å². The Morgan fingerprint density at radius 2 is 2.20 bits per heavy atom. The van der Waals surface area contributed by atoms with Crippen LogP contribution in [0.25, 0.3) is 0 Å². The Morgan fingerprint density at radius 1 is 1.47 bits per heavy atom. The van der Waals surface area contributed by atoms with Crippen LogP contribution in [0.5, 0.6) is 0 Å². The highest BCUT2D eigenvalue weighted by Crippen LogP contribution is 2.42. The predicted octanol–water partition coefficient (Wildman–Crippen LogP) is 3.52. The summed E-state index contributed by atoms with van der Waals surface area (Å²) in [6.45, 7) is 4.33. The maximum Gasteiger partial charge on any atom is 0.0334 e. The molecule has 82 valence electrons. The Morgan fingerprint density at radius 3 is 2.80 bits per heavy atom. The number of hydrogen-bond acceptors (Lipinski definition) is 2. The van der Waals surface area contributed by atoms with Gasteiger partial charge < -0.3 is 5.73 Å². The summed E-state index contributed by atoms with van der Waals surface area (Å²) < 4.78 is 0. The Hall–Kier alpha value is -0.470. The third-order valence-electron chi connectivity index (χ3n) is 2.95. The molecule has 1 saturated carbocycles. The van der Waals surface area contributed by atoms with Crippen LogP contribution >= 0.6 is 11.8 Å². The van der Waals surface area contributed by atoms with Gasteiger partial charge in [-0.05, 0) is 43.1 Å². The lowest BCUT2D eigenvalue weighted by atomic mass is 10.0. The summed E-state index contributed by atoms with van der Waals surface area (Å²) >= 11 is 1.90. The summed E-state index contributed by atoms with van der Waals surface area (Å²) in [5, 5.41) is 0. The maximum atomic E-state index is 6.29. The van der Waals surface area contributed by atoms with Gasteiger partial charge in [-0.3, -0.25) is 0 Å². The van der Waals surface area contributed by atoms with Gasteiger partial charge in [-0.1, -0.05) is 24.6 Å². The van der Waals surface area contributed by atoms with Crippen LogP contribution in [-0.4, -0.2) is 5.75 Å². The van der Waals surface area contributed by atoms with E-state index >= 15 is 0 Å². The second-order valence-corrected chi connectivity index (χ2v) is 5.64. The Labute approximate surface area is 96.4 Å². The van der Waals surface area contributed by atoms with Gasteiger partial charge >= 0.3 is 0 Å². The van der Waals surface area contributed by atoms with Crippen molar-refractivity contribution >= 4 is 11.8 Å². The van der Waals surface area contributed by atoms with Crippen LogP contribution in [0.15, 0.2) is 23.1 Å². The van der Waals surface area contributed by atoms with Crippen LogP contribution in [0.3, 0.4) is 0 Å². The van der Waals surface area contributed by atoms with E-state index in [2.05, 4.69) is 32.0 Å². The summed E-state index contributed by atoms with van der Waals surface area (Å²) in [6, 6.07) is 6.93. The molecule has 0 amide bonds. The van der Waals surface area contributed by atoms with Crippen molar-refractivity contribution in [1.82, 2.24) is 0 Å². The Kier molecular flexibility index (Phi) is 3.37. The summed E-state index contributed by atoms with van der Waals surface area (Å²) in [5.74, 6) is 1.86. The average molecular weight is 221 g/mol. The van der Waals surface area contributed by atoms with Gasteiger partial charge in [-0.25, -0.2) is 0 Å². The van der Waals surface area contributed by atoms with E-state index in [1.165, 1.54) is 28.9 Å². The lowest BCUT2D eigenvalue weighted by molar-refractivity contribution is 0.622. The van der Waals surface area contributed by atoms with Gasteiger partial charge in [-0.15, -0.1) is 11.8 Å². The smallest absolute Gasteiger partial charge is 0.0334 e. The Bertz CT molecular complexity index is 344. The van der Waals surface area contributed by atoms with E-state index in [0.29, 0.717) is 0 Å². The first-order chi connectivity index (χ1) is 7.22. The summed E-state index contributed by atoms with van der Waals surface area (Å²) in [6.07, 6.45) is 2.62. The van der Waals surface area contributed by atoms with Crippen molar-refractivity contribution in [3.05, 3.63) is 29.3 Å². The molecule has 1 atom stereocenters. The molecule has 1 aromatic carbocycles. The van der Waals surface area contributed by atoms with Crippen LogP contribution in [0.4, 0.5) is 0 Å². The monoisotopic (exact) mass is 221 g/mol. The van der Waals surface area contributed by atoms with E-state index < -0.39 is 0 Å². The van der Waals surface area contributed by atoms with Crippen molar-refractivity contribution in [1.29, 1.82) is 0 Å². The predicted molar refractivity (Wildman–Crippen MR) is 67.2 cm³/mol. The molecular weight excluding hydrogens is 202 g/mol.